The van der Waals surface area contributed by atoms with Crippen LogP contribution in [0.1, 0.15) is 56.6 Å². The predicted octanol–water partition coefficient (Wildman–Crippen LogP) is 5.28. The highest BCUT2D eigenvalue weighted by molar-refractivity contribution is 5.86. The SMILES string of the molecule is CCCN(CC(=O)N(Cc1ccc(F)cc1)Cc1coc2ccccc2c1=O)C(=O)C1CCCCC1. The Morgan fingerprint density at radius 2 is 1.69 bits per heavy atom. The van der Waals surface area contributed by atoms with E-state index in [1.54, 1.807) is 46.2 Å². The number of carbonyl (C=O) groups excluding carboxylic acids is 2. The van der Waals surface area contributed by atoms with Crippen molar-refractivity contribution in [3.8, 4) is 0 Å². The summed E-state index contributed by atoms with van der Waals surface area (Å²) >= 11 is 0. The fourth-order valence-corrected chi connectivity index (χ4v) is 4.88. The van der Waals surface area contributed by atoms with Gasteiger partial charge in [-0.05, 0) is 49.1 Å². The zero-order chi connectivity index (χ0) is 25.5. The summed E-state index contributed by atoms with van der Waals surface area (Å²) in [7, 11) is 0. The average Bonchev–Trinajstić information content (AvgIpc) is 2.91. The summed E-state index contributed by atoms with van der Waals surface area (Å²) in [6.07, 6.45) is 7.10. The van der Waals surface area contributed by atoms with Gasteiger partial charge in [0.15, 0.2) is 5.43 Å². The van der Waals surface area contributed by atoms with E-state index in [-0.39, 0.29) is 48.6 Å². The lowest BCUT2D eigenvalue weighted by molar-refractivity contribution is -0.144. The van der Waals surface area contributed by atoms with Crippen LogP contribution in [0.4, 0.5) is 4.39 Å². The molecule has 0 unspecified atom stereocenters. The van der Waals surface area contributed by atoms with Crippen LogP contribution < -0.4 is 5.43 Å². The third-order valence-electron chi connectivity index (χ3n) is 6.84. The number of hydrogen-bond acceptors (Lipinski definition) is 4. The molecule has 0 saturated heterocycles. The molecule has 6 nitrogen and oxygen atoms in total. The van der Waals surface area contributed by atoms with Gasteiger partial charge in [0, 0.05) is 19.0 Å². The molecule has 190 valence electrons. The summed E-state index contributed by atoms with van der Waals surface area (Å²) in [5, 5.41) is 0.448. The molecule has 1 heterocycles. The molecule has 0 bridgehead atoms. The maximum Gasteiger partial charge on any atom is 0.242 e. The van der Waals surface area contributed by atoms with Crippen LogP contribution in [0.25, 0.3) is 11.0 Å². The highest BCUT2D eigenvalue weighted by Gasteiger charge is 2.28. The molecule has 0 radical (unpaired) electrons. The van der Waals surface area contributed by atoms with Gasteiger partial charge >= 0.3 is 0 Å². The van der Waals surface area contributed by atoms with E-state index in [4.69, 9.17) is 4.42 Å². The molecule has 2 aromatic carbocycles. The predicted molar refractivity (Wildman–Crippen MR) is 137 cm³/mol. The van der Waals surface area contributed by atoms with Gasteiger partial charge < -0.3 is 14.2 Å². The van der Waals surface area contributed by atoms with Crippen LogP contribution in [0, 0.1) is 11.7 Å². The third-order valence-corrected chi connectivity index (χ3v) is 6.84. The molecule has 2 amide bonds. The number of halogens is 1. The number of nitrogens with zero attached hydrogens (tertiary/aromatic N) is 2. The van der Waals surface area contributed by atoms with Gasteiger partial charge in [-0.2, -0.15) is 0 Å². The monoisotopic (exact) mass is 492 g/mol. The number of fused-ring (bicyclic) bond motifs is 1. The first-order valence-corrected chi connectivity index (χ1v) is 12.8. The van der Waals surface area contributed by atoms with Gasteiger partial charge in [-0.15, -0.1) is 0 Å². The molecule has 3 aromatic rings. The van der Waals surface area contributed by atoms with Gasteiger partial charge in [-0.25, -0.2) is 4.39 Å². The van der Waals surface area contributed by atoms with Crippen LogP contribution in [0.15, 0.2) is 64.0 Å². The van der Waals surface area contributed by atoms with Crippen molar-refractivity contribution in [2.45, 2.75) is 58.5 Å². The van der Waals surface area contributed by atoms with E-state index in [2.05, 4.69) is 0 Å². The first-order chi connectivity index (χ1) is 17.5. The molecule has 0 spiro atoms. The topological polar surface area (TPSA) is 70.8 Å². The zero-order valence-electron chi connectivity index (χ0n) is 20.7. The second-order valence-corrected chi connectivity index (χ2v) is 9.56. The number of rotatable bonds is 9. The van der Waals surface area contributed by atoms with Crippen LogP contribution >= 0.6 is 0 Å². The fourth-order valence-electron chi connectivity index (χ4n) is 4.88. The lowest BCUT2D eigenvalue weighted by Crippen LogP contribution is -2.45. The maximum atomic E-state index is 13.6. The molecule has 7 heteroatoms. The Hall–Kier alpha value is -3.48. The van der Waals surface area contributed by atoms with Gasteiger partial charge in [-0.3, -0.25) is 14.4 Å². The Kier molecular flexibility index (Phi) is 8.52. The van der Waals surface area contributed by atoms with Gasteiger partial charge in [0.2, 0.25) is 11.8 Å². The Morgan fingerprint density at radius 3 is 2.42 bits per heavy atom. The minimum atomic E-state index is -0.362. The van der Waals surface area contributed by atoms with Crippen LogP contribution in [0.3, 0.4) is 0 Å². The van der Waals surface area contributed by atoms with Crippen molar-refractivity contribution in [3.63, 3.8) is 0 Å². The number of amides is 2. The van der Waals surface area contributed by atoms with Crippen LogP contribution in [-0.4, -0.2) is 34.7 Å². The van der Waals surface area contributed by atoms with Crippen molar-refractivity contribution in [2.75, 3.05) is 13.1 Å². The average molecular weight is 493 g/mol. The molecular weight excluding hydrogens is 459 g/mol. The quantitative estimate of drug-likeness (QED) is 0.408. The molecule has 1 aliphatic rings. The minimum absolute atomic E-state index is 0.0287. The summed E-state index contributed by atoms with van der Waals surface area (Å²) in [6.45, 7) is 2.65. The summed E-state index contributed by atoms with van der Waals surface area (Å²) in [5.41, 5.74) is 1.37. The molecule has 1 aliphatic carbocycles. The first kappa shape index (κ1) is 25.6. The number of para-hydroxylation sites is 1. The summed E-state index contributed by atoms with van der Waals surface area (Å²) in [4.78, 5) is 43.2. The fraction of sp³-hybridized carbons (Fsp3) is 0.414. The van der Waals surface area contributed by atoms with Crippen molar-refractivity contribution >= 4 is 22.8 Å². The smallest absolute Gasteiger partial charge is 0.242 e. The Morgan fingerprint density at radius 1 is 0.972 bits per heavy atom. The minimum Gasteiger partial charge on any atom is -0.464 e. The van der Waals surface area contributed by atoms with Gasteiger partial charge in [-0.1, -0.05) is 50.5 Å². The number of carbonyl (C=O) groups is 2. The van der Waals surface area contributed by atoms with Gasteiger partial charge in [0.25, 0.3) is 0 Å². The zero-order valence-corrected chi connectivity index (χ0v) is 20.7. The third kappa shape index (κ3) is 6.20. The van der Waals surface area contributed by atoms with Crippen molar-refractivity contribution in [3.05, 3.63) is 82.0 Å². The maximum absolute atomic E-state index is 13.6. The molecule has 4 rings (SSSR count). The summed E-state index contributed by atoms with van der Waals surface area (Å²) in [6, 6.07) is 12.9. The first-order valence-electron chi connectivity index (χ1n) is 12.8. The standard InChI is InChI=1S/C29H33FN2O4/c1-2-16-31(29(35)22-8-4-3-5-9-22)19-27(33)32(17-21-12-14-24(30)15-13-21)18-23-20-36-26-11-7-6-10-25(26)28(23)34/h6-7,10-15,20,22H,2-5,8-9,16-19H2,1H3. The van der Waals surface area contributed by atoms with E-state index in [9.17, 15) is 18.8 Å². The molecule has 1 saturated carbocycles. The lowest BCUT2D eigenvalue weighted by atomic mass is 9.88. The largest absolute Gasteiger partial charge is 0.464 e. The van der Waals surface area contributed by atoms with E-state index in [1.807, 2.05) is 6.92 Å². The van der Waals surface area contributed by atoms with E-state index in [0.717, 1.165) is 44.1 Å². The van der Waals surface area contributed by atoms with Crippen molar-refractivity contribution in [1.29, 1.82) is 0 Å². The molecule has 1 aromatic heterocycles. The van der Waals surface area contributed by atoms with Gasteiger partial charge in [0.05, 0.1) is 30.3 Å². The molecule has 0 atom stereocenters. The van der Waals surface area contributed by atoms with Crippen LogP contribution in [-0.2, 0) is 22.7 Å². The second-order valence-electron chi connectivity index (χ2n) is 9.56. The number of benzene rings is 2. The van der Waals surface area contributed by atoms with Crippen LogP contribution in [0.5, 0.6) is 0 Å². The van der Waals surface area contributed by atoms with Gasteiger partial charge in [0.1, 0.15) is 11.4 Å². The van der Waals surface area contributed by atoms with E-state index in [0.29, 0.717) is 23.1 Å². The Bertz CT molecular complexity index is 1250. The normalized spacial score (nSPS) is 14.1. The van der Waals surface area contributed by atoms with Crippen molar-refractivity contribution < 1.29 is 18.4 Å². The highest BCUT2D eigenvalue weighted by Crippen LogP contribution is 2.26. The molecule has 36 heavy (non-hydrogen) atoms. The summed E-state index contributed by atoms with van der Waals surface area (Å²) in [5.74, 6) is -0.614. The molecule has 0 N–H and O–H groups in total. The van der Waals surface area contributed by atoms with Crippen molar-refractivity contribution in [1.82, 2.24) is 9.80 Å². The highest BCUT2D eigenvalue weighted by atomic mass is 19.1. The number of hydrogen-bond donors (Lipinski definition) is 0. The Labute approximate surface area is 210 Å². The van der Waals surface area contributed by atoms with Crippen LogP contribution in [0.2, 0.25) is 0 Å². The lowest BCUT2D eigenvalue weighted by Gasteiger charge is -2.31. The van der Waals surface area contributed by atoms with Crippen molar-refractivity contribution in [2.24, 2.45) is 5.92 Å². The van der Waals surface area contributed by atoms with E-state index >= 15 is 0 Å². The molecule has 1 fully saturated rings. The van der Waals surface area contributed by atoms with E-state index in [1.165, 1.54) is 18.4 Å². The molecule has 0 aliphatic heterocycles. The second kappa shape index (κ2) is 12.0. The summed E-state index contributed by atoms with van der Waals surface area (Å²) < 4.78 is 19.1. The Balaban J connectivity index is 1.58. The molecular formula is C29H33FN2O4. The van der Waals surface area contributed by atoms with E-state index < -0.39 is 0 Å².